The van der Waals surface area contributed by atoms with Crippen LogP contribution in [0.4, 0.5) is 0 Å². The summed E-state index contributed by atoms with van der Waals surface area (Å²) in [5, 5.41) is 0. The summed E-state index contributed by atoms with van der Waals surface area (Å²) in [4.78, 5) is 37.8. The van der Waals surface area contributed by atoms with Crippen LogP contribution in [-0.4, -0.2) is 37.2 Å². The molecule has 6 heteroatoms. The fraction of sp³-hybridized carbons (Fsp3) is 0.708. The minimum atomic E-state index is -0.778. The number of carbonyl (C=O) groups is 3. The van der Waals surface area contributed by atoms with E-state index in [2.05, 4.69) is 118 Å². The lowest BCUT2D eigenvalue weighted by atomic mass is 10.0. The number of esters is 3. The van der Waals surface area contributed by atoms with Crippen LogP contribution in [0.15, 0.2) is 97.2 Å². The summed E-state index contributed by atoms with van der Waals surface area (Å²) >= 11 is 0. The highest BCUT2D eigenvalue weighted by Crippen LogP contribution is 2.15. The Labute approximate surface area is 438 Å². The van der Waals surface area contributed by atoms with Gasteiger partial charge in [0.1, 0.15) is 13.2 Å². The third kappa shape index (κ3) is 57.1. The molecule has 0 aliphatic heterocycles. The number of allylic oxidation sites excluding steroid dienone is 16. The molecule has 1 atom stereocenters. The van der Waals surface area contributed by atoms with Crippen molar-refractivity contribution in [2.24, 2.45) is 0 Å². The summed E-state index contributed by atoms with van der Waals surface area (Å²) in [6, 6.07) is 0. The molecule has 0 saturated carbocycles. The Kier molecular flexibility index (Phi) is 55.9. The van der Waals surface area contributed by atoms with Gasteiger partial charge in [-0.2, -0.15) is 0 Å². The number of rotatable bonds is 53. The van der Waals surface area contributed by atoms with Crippen LogP contribution >= 0.6 is 0 Å². The zero-order valence-corrected chi connectivity index (χ0v) is 46.5. The topological polar surface area (TPSA) is 78.9 Å². The highest BCUT2D eigenvalue weighted by molar-refractivity contribution is 5.71. The van der Waals surface area contributed by atoms with Crippen molar-refractivity contribution in [1.82, 2.24) is 0 Å². The molecule has 0 aromatic rings. The molecule has 0 radical (unpaired) electrons. The quantitative estimate of drug-likeness (QED) is 0.0261. The first-order valence-corrected chi connectivity index (χ1v) is 29.7. The number of unbranched alkanes of at least 4 members (excludes halogenated alkanes) is 26. The normalized spacial score (nSPS) is 12.8. The molecule has 0 spiro atoms. The highest BCUT2D eigenvalue weighted by atomic mass is 16.6. The van der Waals surface area contributed by atoms with E-state index in [-0.39, 0.29) is 31.1 Å². The molecule has 0 aromatic heterocycles. The molecule has 0 heterocycles. The van der Waals surface area contributed by atoms with Gasteiger partial charge in [0.2, 0.25) is 0 Å². The van der Waals surface area contributed by atoms with E-state index >= 15 is 0 Å². The van der Waals surface area contributed by atoms with E-state index < -0.39 is 6.10 Å². The van der Waals surface area contributed by atoms with E-state index in [0.717, 1.165) is 122 Å². The van der Waals surface area contributed by atoms with Gasteiger partial charge < -0.3 is 14.2 Å². The van der Waals surface area contributed by atoms with Crippen molar-refractivity contribution in [2.45, 2.75) is 284 Å². The van der Waals surface area contributed by atoms with Gasteiger partial charge in [-0.1, -0.05) is 253 Å². The lowest BCUT2D eigenvalue weighted by molar-refractivity contribution is -0.167. The van der Waals surface area contributed by atoms with Crippen molar-refractivity contribution < 1.29 is 28.6 Å². The Morgan fingerprint density at radius 3 is 0.873 bits per heavy atom. The summed E-state index contributed by atoms with van der Waals surface area (Å²) < 4.78 is 16.7. The molecule has 0 aliphatic carbocycles. The summed E-state index contributed by atoms with van der Waals surface area (Å²) in [6.45, 7) is 6.43. The summed E-state index contributed by atoms with van der Waals surface area (Å²) in [5.74, 6) is -0.903. The molecular formula is C65H110O6. The first-order valence-electron chi connectivity index (χ1n) is 29.7. The van der Waals surface area contributed by atoms with E-state index in [1.807, 2.05) is 0 Å². The molecule has 0 fully saturated rings. The zero-order chi connectivity index (χ0) is 51.4. The summed E-state index contributed by atoms with van der Waals surface area (Å²) in [5.41, 5.74) is 0. The van der Waals surface area contributed by atoms with E-state index in [9.17, 15) is 14.4 Å². The Morgan fingerprint density at radius 2 is 0.549 bits per heavy atom. The Morgan fingerprint density at radius 1 is 0.296 bits per heavy atom. The van der Waals surface area contributed by atoms with Gasteiger partial charge in [-0.3, -0.25) is 14.4 Å². The molecule has 0 saturated heterocycles. The van der Waals surface area contributed by atoms with Crippen LogP contribution in [0, 0.1) is 0 Å². The predicted octanol–water partition coefficient (Wildman–Crippen LogP) is 20.1. The van der Waals surface area contributed by atoms with E-state index in [1.54, 1.807) is 0 Å². The van der Waals surface area contributed by atoms with Crippen LogP contribution in [0.5, 0.6) is 0 Å². The minimum absolute atomic E-state index is 0.0805. The molecule has 1 unspecified atom stereocenters. The van der Waals surface area contributed by atoms with Gasteiger partial charge in [-0.05, 0) is 103 Å². The molecule has 6 nitrogen and oxygen atoms in total. The Hall–Kier alpha value is -3.67. The average Bonchev–Trinajstić information content (AvgIpc) is 3.37. The molecule has 406 valence electrons. The van der Waals surface area contributed by atoms with E-state index in [0.29, 0.717) is 19.3 Å². The van der Waals surface area contributed by atoms with Gasteiger partial charge >= 0.3 is 17.9 Å². The van der Waals surface area contributed by atoms with Gasteiger partial charge in [-0.15, -0.1) is 0 Å². The first-order chi connectivity index (χ1) is 35.0. The molecular weight excluding hydrogens is 877 g/mol. The average molecular weight is 988 g/mol. The van der Waals surface area contributed by atoms with Crippen LogP contribution in [0.25, 0.3) is 0 Å². The maximum Gasteiger partial charge on any atom is 0.306 e. The molecule has 0 bridgehead atoms. The number of ether oxygens (including phenoxy) is 3. The molecule has 71 heavy (non-hydrogen) atoms. The van der Waals surface area contributed by atoms with Crippen molar-refractivity contribution >= 4 is 17.9 Å². The van der Waals surface area contributed by atoms with Crippen molar-refractivity contribution in [3.05, 3.63) is 97.2 Å². The third-order valence-corrected chi connectivity index (χ3v) is 12.6. The highest BCUT2D eigenvalue weighted by Gasteiger charge is 2.19. The van der Waals surface area contributed by atoms with Gasteiger partial charge in [-0.25, -0.2) is 0 Å². The molecule has 0 rings (SSSR count). The third-order valence-electron chi connectivity index (χ3n) is 12.6. The molecule has 0 aromatic carbocycles. The fourth-order valence-corrected chi connectivity index (χ4v) is 8.12. The van der Waals surface area contributed by atoms with Crippen LogP contribution in [0.3, 0.4) is 0 Å². The molecule has 0 N–H and O–H groups in total. The number of hydrogen-bond acceptors (Lipinski definition) is 6. The minimum Gasteiger partial charge on any atom is -0.462 e. The SMILES string of the molecule is CC/C=C\C/C=C\C/C=C\C/C=C\C/C=C\C/C=C\C/C=C\CCCCCCCCCCCCCC(=O)OCC(COC(=O)CCCCCCC)OC(=O)CCCCCCC/C=C\CCCCCCCC. The first kappa shape index (κ1) is 67.3. The standard InChI is InChI=1S/C65H110O6/c1-4-7-10-13-15-17-19-21-23-24-25-26-27-28-29-30-31-32-33-34-35-36-37-38-39-40-42-43-45-47-49-52-55-58-64(67)70-61-62(60-69-63(66)57-54-51-12-9-6-3)71-65(68)59-56-53-50-48-46-44-41-22-20-18-16-14-11-8-5-2/h7,10,15,17,21-23,25-26,28-29,31-32,34-35,41,62H,4-6,8-9,11-14,16,18-20,24,27,30,33,36-40,42-61H2,1-3H3/b10-7-,17-15-,23-21-,26-25-,29-28-,32-31-,35-34-,41-22-. The lowest BCUT2D eigenvalue weighted by Gasteiger charge is -2.18. The zero-order valence-electron chi connectivity index (χ0n) is 46.5. The van der Waals surface area contributed by atoms with Gasteiger partial charge in [0, 0.05) is 19.3 Å². The largest absolute Gasteiger partial charge is 0.462 e. The summed E-state index contributed by atoms with van der Waals surface area (Å²) in [7, 11) is 0. The second kappa shape index (κ2) is 58.9. The maximum atomic E-state index is 12.8. The monoisotopic (exact) mass is 987 g/mol. The van der Waals surface area contributed by atoms with Crippen LogP contribution in [0.2, 0.25) is 0 Å². The van der Waals surface area contributed by atoms with Gasteiger partial charge in [0.25, 0.3) is 0 Å². The second-order valence-corrected chi connectivity index (χ2v) is 19.5. The van der Waals surface area contributed by atoms with Crippen molar-refractivity contribution in [2.75, 3.05) is 13.2 Å². The van der Waals surface area contributed by atoms with Crippen LogP contribution in [0.1, 0.15) is 278 Å². The van der Waals surface area contributed by atoms with E-state index in [4.69, 9.17) is 14.2 Å². The second-order valence-electron chi connectivity index (χ2n) is 19.5. The predicted molar refractivity (Wildman–Crippen MR) is 307 cm³/mol. The van der Waals surface area contributed by atoms with Gasteiger partial charge in [0.15, 0.2) is 6.10 Å². The van der Waals surface area contributed by atoms with Gasteiger partial charge in [0.05, 0.1) is 0 Å². The van der Waals surface area contributed by atoms with Crippen LogP contribution in [-0.2, 0) is 28.6 Å². The fourth-order valence-electron chi connectivity index (χ4n) is 8.12. The van der Waals surface area contributed by atoms with Crippen LogP contribution < -0.4 is 0 Å². The van der Waals surface area contributed by atoms with Crippen molar-refractivity contribution in [1.29, 1.82) is 0 Å². The Balaban J connectivity index is 4.02. The Bertz CT molecular complexity index is 1410. The number of carbonyl (C=O) groups excluding carboxylic acids is 3. The summed E-state index contributed by atoms with van der Waals surface area (Å²) in [6.07, 6.45) is 78.8. The lowest BCUT2D eigenvalue weighted by Crippen LogP contribution is -2.30. The van der Waals surface area contributed by atoms with Crippen molar-refractivity contribution in [3.63, 3.8) is 0 Å². The molecule has 0 aliphatic rings. The number of hydrogen-bond donors (Lipinski definition) is 0. The van der Waals surface area contributed by atoms with Crippen molar-refractivity contribution in [3.8, 4) is 0 Å². The smallest absolute Gasteiger partial charge is 0.306 e. The molecule has 0 amide bonds. The van der Waals surface area contributed by atoms with E-state index in [1.165, 1.54) is 116 Å². The maximum absolute atomic E-state index is 12.8.